The molecule has 2 amide bonds. The van der Waals surface area contributed by atoms with Gasteiger partial charge in [0.2, 0.25) is 11.8 Å². The van der Waals surface area contributed by atoms with Crippen LogP contribution in [0.3, 0.4) is 0 Å². The van der Waals surface area contributed by atoms with Crippen LogP contribution in [0.25, 0.3) is 5.69 Å². The molecule has 0 atom stereocenters. The van der Waals surface area contributed by atoms with Crippen molar-refractivity contribution in [3.8, 4) is 5.69 Å². The first kappa shape index (κ1) is 22.1. The zero-order chi connectivity index (χ0) is 22.5. The number of amides is 2. The van der Waals surface area contributed by atoms with Crippen molar-refractivity contribution in [2.24, 2.45) is 0 Å². The molecular weight excluding hydrogens is 422 g/mol. The van der Waals surface area contributed by atoms with Crippen molar-refractivity contribution < 1.29 is 9.59 Å². The highest BCUT2D eigenvalue weighted by Gasteiger charge is 2.31. The SMILES string of the molecule is CCCc1ccc(NC(=O)CSc2nnc(C3CC3)n2-c2cccc(NC(C)=O)c2)cc1. The smallest absolute Gasteiger partial charge is 0.234 e. The van der Waals surface area contributed by atoms with Gasteiger partial charge in [0.05, 0.1) is 11.4 Å². The molecule has 0 bridgehead atoms. The molecule has 1 aromatic heterocycles. The molecule has 2 aromatic carbocycles. The average molecular weight is 450 g/mol. The maximum atomic E-state index is 12.5. The standard InChI is InChI=1S/C24H27N5O2S/c1-3-5-17-8-12-19(13-9-17)26-22(31)15-32-24-28-27-23(18-10-11-18)29(24)21-7-4-6-20(14-21)25-16(2)30/h4,6-9,12-14,18H,3,5,10-11,15H2,1-2H3,(H,25,30)(H,26,31). The topological polar surface area (TPSA) is 88.9 Å². The van der Waals surface area contributed by atoms with E-state index in [9.17, 15) is 9.59 Å². The van der Waals surface area contributed by atoms with Crippen molar-refractivity contribution in [2.45, 2.75) is 50.6 Å². The molecule has 0 unspecified atom stereocenters. The molecule has 1 heterocycles. The fraction of sp³-hybridized carbons (Fsp3) is 0.333. The van der Waals surface area contributed by atoms with Gasteiger partial charge in [0.15, 0.2) is 5.16 Å². The van der Waals surface area contributed by atoms with Crippen LogP contribution in [0.2, 0.25) is 0 Å². The molecule has 0 saturated heterocycles. The number of aromatic nitrogens is 3. The monoisotopic (exact) mass is 449 g/mol. The molecule has 1 aliphatic carbocycles. The number of anilines is 2. The Morgan fingerprint density at radius 2 is 1.84 bits per heavy atom. The van der Waals surface area contributed by atoms with Gasteiger partial charge in [0.25, 0.3) is 0 Å². The van der Waals surface area contributed by atoms with Gasteiger partial charge in [-0.25, -0.2) is 0 Å². The third-order valence-corrected chi connectivity index (χ3v) is 6.06. The van der Waals surface area contributed by atoms with E-state index in [2.05, 4.69) is 27.8 Å². The van der Waals surface area contributed by atoms with Crippen molar-refractivity contribution in [3.63, 3.8) is 0 Å². The summed E-state index contributed by atoms with van der Waals surface area (Å²) in [7, 11) is 0. The first-order valence-corrected chi connectivity index (χ1v) is 11.9. The Morgan fingerprint density at radius 3 is 2.53 bits per heavy atom. The fourth-order valence-electron chi connectivity index (χ4n) is 3.52. The summed E-state index contributed by atoms with van der Waals surface area (Å²) in [6.07, 6.45) is 4.30. The number of nitrogens with zero attached hydrogens (tertiary/aromatic N) is 3. The Bertz CT molecular complexity index is 1110. The summed E-state index contributed by atoms with van der Waals surface area (Å²) in [5.41, 5.74) is 3.64. The Kier molecular flexibility index (Phi) is 6.90. The van der Waals surface area contributed by atoms with Crippen LogP contribution in [-0.2, 0) is 16.0 Å². The lowest BCUT2D eigenvalue weighted by Gasteiger charge is -2.12. The van der Waals surface area contributed by atoms with Gasteiger partial charge in [0, 0.05) is 24.2 Å². The summed E-state index contributed by atoms with van der Waals surface area (Å²) in [5, 5.41) is 15.2. The number of hydrogen-bond acceptors (Lipinski definition) is 5. The first-order chi connectivity index (χ1) is 15.5. The Hall–Kier alpha value is -3.13. The van der Waals surface area contributed by atoms with Crippen molar-refractivity contribution >= 4 is 35.0 Å². The van der Waals surface area contributed by atoms with Gasteiger partial charge >= 0.3 is 0 Å². The minimum atomic E-state index is -0.123. The summed E-state index contributed by atoms with van der Waals surface area (Å²) in [6.45, 7) is 3.63. The van der Waals surface area contributed by atoms with Crippen LogP contribution in [-0.4, -0.2) is 32.3 Å². The largest absolute Gasteiger partial charge is 0.326 e. The highest BCUT2D eigenvalue weighted by atomic mass is 32.2. The minimum Gasteiger partial charge on any atom is -0.326 e. The number of hydrogen-bond donors (Lipinski definition) is 2. The number of carbonyl (C=O) groups excluding carboxylic acids is 2. The number of aryl methyl sites for hydroxylation is 1. The highest BCUT2D eigenvalue weighted by Crippen LogP contribution is 2.41. The maximum absolute atomic E-state index is 12.5. The van der Waals surface area contributed by atoms with Gasteiger partial charge < -0.3 is 10.6 Å². The van der Waals surface area contributed by atoms with E-state index >= 15 is 0 Å². The quantitative estimate of drug-likeness (QED) is 0.459. The van der Waals surface area contributed by atoms with Crippen molar-refractivity contribution in [1.29, 1.82) is 0 Å². The van der Waals surface area contributed by atoms with E-state index in [0.717, 1.165) is 42.9 Å². The van der Waals surface area contributed by atoms with Crippen molar-refractivity contribution in [1.82, 2.24) is 14.8 Å². The maximum Gasteiger partial charge on any atom is 0.234 e. The van der Waals surface area contributed by atoms with Gasteiger partial charge in [-0.3, -0.25) is 14.2 Å². The Morgan fingerprint density at radius 1 is 1.06 bits per heavy atom. The lowest BCUT2D eigenvalue weighted by atomic mass is 10.1. The first-order valence-electron chi connectivity index (χ1n) is 10.9. The summed E-state index contributed by atoms with van der Waals surface area (Å²) >= 11 is 1.36. The zero-order valence-electron chi connectivity index (χ0n) is 18.3. The normalized spacial score (nSPS) is 13.1. The lowest BCUT2D eigenvalue weighted by molar-refractivity contribution is -0.114. The van der Waals surface area contributed by atoms with Crippen LogP contribution in [0.15, 0.2) is 53.7 Å². The van der Waals surface area contributed by atoms with E-state index in [1.54, 1.807) is 0 Å². The molecule has 2 N–H and O–H groups in total. The molecule has 32 heavy (non-hydrogen) atoms. The summed E-state index contributed by atoms with van der Waals surface area (Å²) < 4.78 is 2.00. The second-order valence-corrected chi connectivity index (χ2v) is 8.91. The third-order valence-electron chi connectivity index (χ3n) is 5.13. The molecule has 1 saturated carbocycles. The summed E-state index contributed by atoms with van der Waals surface area (Å²) in [5.74, 6) is 1.30. The van der Waals surface area contributed by atoms with Crippen LogP contribution < -0.4 is 10.6 Å². The van der Waals surface area contributed by atoms with Crippen molar-refractivity contribution in [3.05, 3.63) is 59.9 Å². The van der Waals surface area contributed by atoms with Gasteiger partial charge in [0.1, 0.15) is 5.82 Å². The molecule has 166 valence electrons. The van der Waals surface area contributed by atoms with Crippen molar-refractivity contribution in [2.75, 3.05) is 16.4 Å². The van der Waals surface area contributed by atoms with Gasteiger partial charge in [-0.05, 0) is 55.2 Å². The number of benzene rings is 2. The molecule has 0 aliphatic heterocycles. The molecular formula is C24H27N5O2S. The van der Waals surface area contributed by atoms with Gasteiger partial charge in [-0.1, -0.05) is 43.3 Å². The second kappa shape index (κ2) is 9.99. The average Bonchev–Trinajstić information content (AvgIpc) is 3.53. The molecule has 1 fully saturated rings. The second-order valence-electron chi connectivity index (χ2n) is 7.97. The van der Waals surface area contributed by atoms with E-state index in [-0.39, 0.29) is 17.6 Å². The predicted molar refractivity (Wildman–Crippen MR) is 127 cm³/mol. The van der Waals surface area contributed by atoms with Gasteiger partial charge in [-0.2, -0.15) is 0 Å². The molecule has 7 nitrogen and oxygen atoms in total. The number of nitrogens with one attached hydrogen (secondary N) is 2. The Labute approximate surface area is 192 Å². The summed E-state index contributed by atoms with van der Waals surface area (Å²) in [6, 6.07) is 15.6. The fourth-order valence-corrected chi connectivity index (χ4v) is 4.28. The van der Waals surface area contributed by atoms with E-state index in [0.29, 0.717) is 16.8 Å². The summed E-state index contributed by atoms with van der Waals surface area (Å²) in [4.78, 5) is 24.0. The van der Waals surface area contributed by atoms with E-state index in [4.69, 9.17) is 0 Å². The zero-order valence-corrected chi connectivity index (χ0v) is 19.1. The number of thioether (sulfide) groups is 1. The van der Waals surface area contributed by atoms with E-state index in [1.807, 2.05) is 53.1 Å². The van der Waals surface area contributed by atoms with Crippen LogP contribution >= 0.6 is 11.8 Å². The molecule has 0 radical (unpaired) electrons. The minimum absolute atomic E-state index is 0.0900. The Balaban J connectivity index is 1.47. The predicted octanol–water partition coefficient (Wildman–Crippen LogP) is 4.79. The van der Waals surface area contributed by atoms with Crippen LogP contribution in [0.4, 0.5) is 11.4 Å². The van der Waals surface area contributed by atoms with E-state index < -0.39 is 0 Å². The van der Waals surface area contributed by atoms with Crippen LogP contribution in [0.1, 0.15) is 50.4 Å². The molecule has 4 rings (SSSR count). The molecule has 8 heteroatoms. The number of rotatable bonds is 9. The molecule has 3 aromatic rings. The highest BCUT2D eigenvalue weighted by molar-refractivity contribution is 7.99. The van der Waals surface area contributed by atoms with Crippen LogP contribution in [0.5, 0.6) is 0 Å². The van der Waals surface area contributed by atoms with Crippen LogP contribution in [0, 0.1) is 0 Å². The van der Waals surface area contributed by atoms with E-state index in [1.165, 1.54) is 24.2 Å². The van der Waals surface area contributed by atoms with Gasteiger partial charge in [-0.15, -0.1) is 10.2 Å². The molecule has 1 aliphatic rings. The third kappa shape index (κ3) is 5.56. The lowest BCUT2D eigenvalue weighted by Crippen LogP contribution is -2.14. The number of carbonyl (C=O) groups is 2. The molecule has 0 spiro atoms.